The summed E-state index contributed by atoms with van der Waals surface area (Å²) < 4.78 is 0. The third-order valence-corrected chi connectivity index (χ3v) is 5.09. The second kappa shape index (κ2) is 4.53. The van der Waals surface area contributed by atoms with Crippen molar-refractivity contribution in [3.8, 4) is 0 Å². The number of anilines is 1. The average Bonchev–Trinajstić information content (AvgIpc) is 3.21. The molecular weight excluding hydrogens is 280 g/mol. The van der Waals surface area contributed by atoms with Crippen molar-refractivity contribution in [3.05, 3.63) is 42.0 Å². The number of benzene rings is 1. The highest BCUT2D eigenvalue weighted by atomic mass is 16.2. The number of amides is 3. The second-order valence-corrected chi connectivity index (χ2v) is 6.14. The monoisotopic (exact) mass is 296 g/mol. The molecule has 112 valence electrons. The lowest BCUT2D eigenvalue weighted by atomic mass is 9.85. The van der Waals surface area contributed by atoms with Crippen LogP contribution in [0.5, 0.6) is 0 Å². The molecule has 1 saturated carbocycles. The molecule has 5 heteroatoms. The lowest BCUT2D eigenvalue weighted by Gasteiger charge is -2.17. The summed E-state index contributed by atoms with van der Waals surface area (Å²) in [6.45, 7) is 0. The second-order valence-electron chi connectivity index (χ2n) is 6.14. The minimum atomic E-state index is -0.193. The Labute approximate surface area is 128 Å². The van der Waals surface area contributed by atoms with Gasteiger partial charge in [-0.25, -0.2) is 0 Å². The van der Waals surface area contributed by atoms with E-state index < -0.39 is 0 Å². The van der Waals surface area contributed by atoms with Gasteiger partial charge in [-0.1, -0.05) is 12.2 Å². The van der Waals surface area contributed by atoms with Crippen LogP contribution in [-0.2, 0) is 9.59 Å². The van der Waals surface area contributed by atoms with Gasteiger partial charge in [0.25, 0.3) is 5.91 Å². The zero-order valence-corrected chi connectivity index (χ0v) is 12.2. The highest BCUT2D eigenvalue weighted by Gasteiger charge is 2.59. The molecule has 1 saturated heterocycles. The van der Waals surface area contributed by atoms with Gasteiger partial charge in [-0.3, -0.25) is 19.3 Å². The molecule has 0 aromatic heterocycles. The number of allylic oxidation sites excluding steroid dienone is 2. The van der Waals surface area contributed by atoms with Crippen LogP contribution in [-0.4, -0.2) is 24.8 Å². The topological polar surface area (TPSA) is 66.5 Å². The van der Waals surface area contributed by atoms with E-state index in [1.54, 1.807) is 31.3 Å². The Morgan fingerprint density at radius 3 is 2.09 bits per heavy atom. The summed E-state index contributed by atoms with van der Waals surface area (Å²) in [6, 6.07) is 6.60. The quantitative estimate of drug-likeness (QED) is 0.662. The molecule has 1 heterocycles. The number of imide groups is 1. The van der Waals surface area contributed by atoms with Crippen LogP contribution >= 0.6 is 0 Å². The summed E-state index contributed by atoms with van der Waals surface area (Å²) in [5, 5.41) is 2.55. The maximum Gasteiger partial charge on any atom is 0.251 e. The van der Waals surface area contributed by atoms with E-state index in [0.29, 0.717) is 11.3 Å². The fourth-order valence-electron chi connectivity index (χ4n) is 4.06. The maximum atomic E-state index is 12.7. The molecule has 3 amide bonds. The van der Waals surface area contributed by atoms with Gasteiger partial charge in [0.15, 0.2) is 0 Å². The molecule has 3 aliphatic rings. The number of carbonyl (C=O) groups excluding carboxylic acids is 3. The van der Waals surface area contributed by atoms with Crippen molar-refractivity contribution in [1.29, 1.82) is 0 Å². The lowest BCUT2D eigenvalue weighted by molar-refractivity contribution is -0.123. The molecule has 2 aliphatic carbocycles. The largest absolute Gasteiger partial charge is 0.355 e. The van der Waals surface area contributed by atoms with Crippen LogP contribution in [0, 0.1) is 23.7 Å². The van der Waals surface area contributed by atoms with Gasteiger partial charge in [-0.15, -0.1) is 0 Å². The van der Waals surface area contributed by atoms with Crippen molar-refractivity contribution in [3.63, 3.8) is 0 Å². The first-order valence-electron chi connectivity index (χ1n) is 7.50. The number of hydrogen-bond donors (Lipinski definition) is 1. The van der Waals surface area contributed by atoms with Crippen molar-refractivity contribution in [2.45, 2.75) is 6.42 Å². The molecule has 0 radical (unpaired) electrons. The van der Waals surface area contributed by atoms with Crippen LogP contribution in [0.3, 0.4) is 0 Å². The van der Waals surface area contributed by atoms with Crippen molar-refractivity contribution >= 4 is 23.4 Å². The summed E-state index contributed by atoms with van der Waals surface area (Å²) >= 11 is 0. The molecule has 2 bridgehead atoms. The predicted octanol–water partition coefficient (Wildman–Crippen LogP) is 1.36. The molecule has 4 atom stereocenters. The highest BCUT2D eigenvalue weighted by Crippen LogP contribution is 2.53. The molecule has 1 aliphatic heterocycles. The van der Waals surface area contributed by atoms with Crippen molar-refractivity contribution in [1.82, 2.24) is 5.32 Å². The van der Waals surface area contributed by atoms with Crippen molar-refractivity contribution < 1.29 is 14.4 Å². The Bertz CT molecular complexity index is 677. The average molecular weight is 296 g/mol. The minimum absolute atomic E-state index is 0.0976. The standard InChI is InChI=1S/C17H16N2O3/c1-18-15(20)9-4-6-12(7-5-9)19-16(21)13-10-2-3-11(8-10)14(13)17(19)22/h2-7,10-11,13-14H,8H2,1H3,(H,18,20)/t10-,11+,13?,14?. The fraction of sp³-hybridized carbons (Fsp3) is 0.353. The van der Waals surface area contributed by atoms with E-state index in [0.717, 1.165) is 6.42 Å². The van der Waals surface area contributed by atoms with E-state index in [1.807, 2.05) is 0 Å². The van der Waals surface area contributed by atoms with Gasteiger partial charge in [0.1, 0.15) is 0 Å². The van der Waals surface area contributed by atoms with Crippen molar-refractivity contribution in [2.24, 2.45) is 23.7 Å². The van der Waals surface area contributed by atoms with Gasteiger partial charge in [0.2, 0.25) is 11.8 Å². The summed E-state index contributed by atoms with van der Waals surface area (Å²) in [5.41, 5.74) is 1.06. The van der Waals surface area contributed by atoms with Crippen LogP contribution in [0.2, 0.25) is 0 Å². The van der Waals surface area contributed by atoms with Crippen LogP contribution in [0.4, 0.5) is 5.69 Å². The summed E-state index contributed by atoms with van der Waals surface area (Å²) in [6.07, 6.45) is 5.08. The van der Waals surface area contributed by atoms with Crippen LogP contribution in [0.25, 0.3) is 0 Å². The van der Waals surface area contributed by atoms with Gasteiger partial charge < -0.3 is 5.32 Å². The Balaban J connectivity index is 1.65. The molecular formula is C17H16N2O3. The van der Waals surface area contributed by atoms with E-state index in [-0.39, 0.29) is 41.4 Å². The molecule has 4 rings (SSSR count). The summed E-state index contributed by atoms with van der Waals surface area (Å²) in [7, 11) is 1.56. The number of hydrogen-bond acceptors (Lipinski definition) is 3. The Morgan fingerprint density at radius 1 is 1.05 bits per heavy atom. The normalized spacial score (nSPS) is 31.8. The third-order valence-electron chi connectivity index (χ3n) is 5.09. The number of fused-ring (bicyclic) bond motifs is 5. The molecule has 22 heavy (non-hydrogen) atoms. The number of rotatable bonds is 2. The Kier molecular flexibility index (Phi) is 2.73. The molecule has 2 unspecified atom stereocenters. The van der Waals surface area contributed by atoms with Gasteiger partial charge >= 0.3 is 0 Å². The first-order chi connectivity index (χ1) is 10.6. The van der Waals surface area contributed by atoms with E-state index in [9.17, 15) is 14.4 Å². The molecule has 1 aromatic carbocycles. The van der Waals surface area contributed by atoms with E-state index in [4.69, 9.17) is 0 Å². The van der Waals surface area contributed by atoms with Gasteiger partial charge in [-0.05, 0) is 42.5 Å². The first kappa shape index (κ1) is 13.2. The van der Waals surface area contributed by atoms with Crippen LogP contribution < -0.4 is 10.2 Å². The van der Waals surface area contributed by atoms with E-state index in [2.05, 4.69) is 17.5 Å². The lowest BCUT2D eigenvalue weighted by Crippen LogP contribution is -2.32. The fourth-order valence-corrected chi connectivity index (χ4v) is 4.06. The minimum Gasteiger partial charge on any atom is -0.355 e. The highest BCUT2D eigenvalue weighted by molar-refractivity contribution is 6.22. The number of nitrogens with one attached hydrogen (secondary N) is 1. The van der Waals surface area contributed by atoms with Crippen molar-refractivity contribution in [2.75, 3.05) is 11.9 Å². The van der Waals surface area contributed by atoms with Crippen LogP contribution in [0.1, 0.15) is 16.8 Å². The molecule has 1 aromatic rings. The van der Waals surface area contributed by atoms with Gasteiger partial charge in [0, 0.05) is 12.6 Å². The molecule has 1 N–H and O–H groups in total. The number of carbonyl (C=O) groups is 3. The van der Waals surface area contributed by atoms with E-state index in [1.165, 1.54) is 4.90 Å². The zero-order valence-electron chi connectivity index (χ0n) is 12.2. The van der Waals surface area contributed by atoms with E-state index >= 15 is 0 Å². The maximum absolute atomic E-state index is 12.7. The molecule has 2 fully saturated rings. The SMILES string of the molecule is CNC(=O)c1ccc(N2C(=O)C3C(C2=O)[C@H]2C=C[C@@H]3C2)cc1. The van der Waals surface area contributed by atoms with Gasteiger partial charge in [0.05, 0.1) is 17.5 Å². The first-order valence-corrected chi connectivity index (χ1v) is 7.50. The Morgan fingerprint density at radius 2 is 1.59 bits per heavy atom. The Hall–Kier alpha value is -2.43. The summed E-state index contributed by atoms with van der Waals surface area (Å²) in [5.74, 6) is -0.353. The zero-order chi connectivity index (χ0) is 15.4. The van der Waals surface area contributed by atoms with Gasteiger partial charge in [-0.2, -0.15) is 0 Å². The third kappa shape index (κ3) is 1.62. The number of nitrogens with zero attached hydrogens (tertiary/aromatic N) is 1. The van der Waals surface area contributed by atoms with Crippen LogP contribution in [0.15, 0.2) is 36.4 Å². The molecule has 5 nitrogen and oxygen atoms in total. The smallest absolute Gasteiger partial charge is 0.251 e. The summed E-state index contributed by atoms with van der Waals surface area (Å²) in [4.78, 5) is 38.2. The molecule has 0 spiro atoms. The predicted molar refractivity (Wildman–Crippen MR) is 80.0 cm³/mol.